The van der Waals surface area contributed by atoms with Crippen LogP contribution in [0.1, 0.15) is 6.92 Å². The molecule has 0 atom stereocenters. The van der Waals surface area contributed by atoms with E-state index in [2.05, 4.69) is 0 Å². The van der Waals surface area contributed by atoms with Crippen molar-refractivity contribution in [3.8, 4) is 23.0 Å². The lowest BCUT2D eigenvalue weighted by molar-refractivity contribution is 0.408. The van der Waals surface area contributed by atoms with Crippen molar-refractivity contribution in [2.45, 2.75) is 6.92 Å². The molecule has 0 saturated heterocycles. The summed E-state index contributed by atoms with van der Waals surface area (Å²) < 4.78 is 34.4. The molecule has 0 bridgehead atoms. The summed E-state index contributed by atoms with van der Waals surface area (Å²) in [6.07, 6.45) is 1.36. The van der Waals surface area contributed by atoms with Crippen LogP contribution < -0.4 is 4.31 Å². The topological polar surface area (TPSA) is 104 Å². The quantitative estimate of drug-likeness (QED) is 0.887. The molecule has 0 saturated carbocycles. The third kappa shape index (κ3) is 2.14. The molecule has 0 radical (unpaired) electrons. The van der Waals surface area contributed by atoms with Gasteiger partial charge in [0.1, 0.15) is 0 Å². The smallest absolute Gasteiger partial charge is 0.256 e. The van der Waals surface area contributed by atoms with Gasteiger partial charge in [-0.2, -0.15) is 0 Å². The van der Waals surface area contributed by atoms with Crippen LogP contribution >= 0.6 is 0 Å². The first-order chi connectivity index (χ1) is 8.88. The number of sulfonamides is 1. The first-order valence-corrected chi connectivity index (χ1v) is 7.04. The summed E-state index contributed by atoms with van der Waals surface area (Å²) in [6.45, 7) is 1.46. The van der Waals surface area contributed by atoms with Crippen molar-refractivity contribution in [1.29, 1.82) is 0 Å². The Morgan fingerprint density at radius 1 is 1.32 bits per heavy atom. The molecule has 0 aliphatic carbocycles. The fourth-order valence-electron chi connectivity index (χ4n) is 1.51. The van der Waals surface area contributed by atoms with Gasteiger partial charge in [0, 0.05) is 7.05 Å². The van der Waals surface area contributed by atoms with Gasteiger partial charge in [-0.1, -0.05) is 0 Å². The van der Waals surface area contributed by atoms with E-state index in [0.29, 0.717) is 0 Å². The summed E-state index contributed by atoms with van der Waals surface area (Å²) in [7, 11) is -2.38. The summed E-state index contributed by atoms with van der Waals surface area (Å²) in [5, 5.41) is 19.5. The van der Waals surface area contributed by atoms with E-state index in [-0.39, 0.29) is 23.2 Å². The molecule has 0 aromatic carbocycles. The molecule has 0 fully saturated rings. The van der Waals surface area contributed by atoms with Gasteiger partial charge >= 0.3 is 0 Å². The van der Waals surface area contributed by atoms with Crippen LogP contribution in [0.3, 0.4) is 0 Å². The highest BCUT2D eigenvalue weighted by molar-refractivity contribution is 7.92. The molecule has 0 amide bonds. The fraction of sp³-hybridized carbons (Fsp3) is 0.273. The van der Waals surface area contributed by atoms with Crippen LogP contribution in [0.25, 0.3) is 11.5 Å². The van der Waals surface area contributed by atoms with Gasteiger partial charge in [0.2, 0.25) is 27.3 Å². The summed E-state index contributed by atoms with van der Waals surface area (Å²) in [4.78, 5) is 0. The predicted octanol–water partition coefficient (Wildman–Crippen LogP) is 1.74. The fourth-order valence-corrected chi connectivity index (χ4v) is 2.27. The van der Waals surface area contributed by atoms with Gasteiger partial charge in [-0.3, -0.25) is 0 Å². The zero-order valence-corrected chi connectivity index (χ0v) is 11.1. The Bertz CT molecular complexity index is 670. The van der Waals surface area contributed by atoms with Crippen molar-refractivity contribution in [2.24, 2.45) is 0 Å². The SMILES string of the molecule is CCS(=O)(=O)N(C)c1oc(-c2ccco2)c(O)c1O. The first kappa shape index (κ1) is 13.3. The molecule has 8 heteroatoms. The second kappa shape index (κ2) is 4.54. The lowest BCUT2D eigenvalue weighted by Gasteiger charge is -2.14. The molecule has 0 aliphatic rings. The number of hydrogen-bond donors (Lipinski definition) is 2. The van der Waals surface area contributed by atoms with Crippen LogP contribution in [0.4, 0.5) is 5.88 Å². The van der Waals surface area contributed by atoms with Gasteiger partial charge in [-0.15, -0.1) is 0 Å². The van der Waals surface area contributed by atoms with Gasteiger partial charge in [-0.05, 0) is 19.1 Å². The molecule has 0 aliphatic heterocycles. The number of nitrogens with zero attached hydrogens (tertiary/aromatic N) is 1. The van der Waals surface area contributed by atoms with Crippen molar-refractivity contribution >= 4 is 15.9 Å². The molecule has 2 heterocycles. The Hall–Kier alpha value is -2.09. The number of aromatic hydroxyl groups is 2. The lowest BCUT2D eigenvalue weighted by Crippen LogP contribution is -2.27. The van der Waals surface area contributed by atoms with Crippen LogP contribution in [-0.2, 0) is 10.0 Å². The van der Waals surface area contributed by atoms with E-state index in [4.69, 9.17) is 8.83 Å². The molecule has 2 aromatic rings. The van der Waals surface area contributed by atoms with Crippen molar-refractivity contribution in [3.63, 3.8) is 0 Å². The van der Waals surface area contributed by atoms with Crippen LogP contribution in [0.15, 0.2) is 27.2 Å². The van der Waals surface area contributed by atoms with E-state index < -0.39 is 21.5 Å². The van der Waals surface area contributed by atoms with Crippen molar-refractivity contribution in [3.05, 3.63) is 18.4 Å². The molecular weight excluding hydrogens is 274 g/mol. The molecule has 2 rings (SSSR count). The number of anilines is 1. The summed E-state index contributed by atoms with van der Waals surface area (Å²) >= 11 is 0. The molecule has 104 valence electrons. The molecule has 0 unspecified atom stereocenters. The maximum atomic E-state index is 11.7. The third-order valence-corrected chi connectivity index (χ3v) is 4.38. The highest BCUT2D eigenvalue weighted by Gasteiger charge is 2.29. The van der Waals surface area contributed by atoms with Gasteiger partial charge in [0.05, 0.1) is 12.0 Å². The Morgan fingerprint density at radius 2 is 2.00 bits per heavy atom. The zero-order valence-electron chi connectivity index (χ0n) is 10.3. The van der Waals surface area contributed by atoms with E-state index in [1.54, 1.807) is 6.07 Å². The average molecular weight is 287 g/mol. The van der Waals surface area contributed by atoms with E-state index in [0.717, 1.165) is 4.31 Å². The normalized spacial score (nSPS) is 11.7. The Labute approximate surface area is 109 Å². The molecule has 2 aromatic heterocycles. The summed E-state index contributed by atoms with van der Waals surface area (Å²) in [5.41, 5.74) is 0. The van der Waals surface area contributed by atoms with Crippen LogP contribution in [0.2, 0.25) is 0 Å². The predicted molar refractivity (Wildman–Crippen MR) is 67.6 cm³/mol. The van der Waals surface area contributed by atoms with Gasteiger partial charge in [-0.25, -0.2) is 12.7 Å². The second-order valence-electron chi connectivity index (χ2n) is 3.78. The number of furan rings is 2. The largest absolute Gasteiger partial charge is 0.501 e. The molecule has 0 spiro atoms. The van der Waals surface area contributed by atoms with Crippen molar-refractivity contribution in [1.82, 2.24) is 0 Å². The molecule has 19 heavy (non-hydrogen) atoms. The maximum Gasteiger partial charge on any atom is 0.256 e. The highest BCUT2D eigenvalue weighted by Crippen LogP contribution is 2.47. The summed E-state index contributed by atoms with van der Waals surface area (Å²) in [5.74, 6) is -1.68. The summed E-state index contributed by atoms with van der Waals surface area (Å²) in [6, 6.07) is 3.08. The first-order valence-electron chi connectivity index (χ1n) is 5.43. The maximum absolute atomic E-state index is 11.7. The monoisotopic (exact) mass is 287 g/mol. The van der Waals surface area contributed by atoms with Crippen molar-refractivity contribution in [2.75, 3.05) is 17.1 Å². The van der Waals surface area contributed by atoms with Crippen LogP contribution in [0, 0.1) is 0 Å². The average Bonchev–Trinajstić information content (AvgIpc) is 2.99. The minimum atomic E-state index is -3.61. The van der Waals surface area contributed by atoms with E-state index >= 15 is 0 Å². The standard InChI is InChI=1S/C11H13NO6S/c1-3-19(15,16)12(2)11-9(14)8(13)10(18-11)7-5-4-6-17-7/h4-6,13-14H,3H2,1-2H3. The Morgan fingerprint density at radius 3 is 2.53 bits per heavy atom. The highest BCUT2D eigenvalue weighted by atomic mass is 32.2. The van der Waals surface area contributed by atoms with Gasteiger partial charge in [0.15, 0.2) is 5.76 Å². The van der Waals surface area contributed by atoms with Crippen LogP contribution in [0.5, 0.6) is 11.5 Å². The third-order valence-electron chi connectivity index (χ3n) is 2.65. The minimum Gasteiger partial charge on any atom is -0.501 e. The van der Waals surface area contributed by atoms with Crippen molar-refractivity contribution < 1.29 is 27.5 Å². The van der Waals surface area contributed by atoms with E-state index in [1.165, 1.54) is 26.3 Å². The van der Waals surface area contributed by atoms with E-state index in [9.17, 15) is 18.6 Å². The second-order valence-corrected chi connectivity index (χ2v) is 6.07. The van der Waals surface area contributed by atoms with Gasteiger partial charge in [0.25, 0.3) is 5.88 Å². The lowest BCUT2D eigenvalue weighted by atomic mass is 10.3. The number of hydrogen-bond acceptors (Lipinski definition) is 6. The minimum absolute atomic E-state index is 0.129. The van der Waals surface area contributed by atoms with E-state index in [1.807, 2.05) is 0 Å². The van der Waals surface area contributed by atoms with Gasteiger partial charge < -0.3 is 19.0 Å². The molecule has 2 N–H and O–H groups in total. The Kier molecular flexibility index (Phi) is 3.19. The molecule has 7 nitrogen and oxygen atoms in total. The van der Waals surface area contributed by atoms with Crippen LogP contribution in [-0.4, -0.2) is 31.4 Å². The molecular formula is C11H13NO6S. The Balaban J connectivity index is 2.53. The number of rotatable bonds is 4. The zero-order chi connectivity index (χ0) is 14.2.